The molecule has 0 spiro atoms. The standard InChI is InChI=1S/C16H26Br2/c1-2-5-12-8-10-13(11-9-12)14-6-3-4-7-15(14)16(17)18/h12-14H,2-11H2,1H3. The average molecular weight is 378 g/mol. The van der Waals surface area contributed by atoms with Crippen LogP contribution in [0.15, 0.2) is 8.96 Å². The van der Waals surface area contributed by atoms with Crippen LogP contribution in [0.3, 0.4) is 0 Å². The van der Waals surface area contributed by atoms with Crippen molar-refractivity contribution in [2.24, 2.45) is 17.8 Å². The molecule has 0 nitrogen and oxygen atoms in total. The molecule has 0 amide bonds. The molecule has 2 rings (SSSR count). The van der Waals surface area contributed by atoms with Crippen LogP contribution in [-0.2, 0) is 0 Å². The molecule has 2 aliphatic rings. The molecule has 0 saturated heterocycles. The topological polar surface area (TPSA) is 0 Å². The maximum Gasteiger partial charge on any atom is 0.0599 e. The van der Waals surface area contributed by atoms with Crippen molar-refractivity contribution in [2.75, 3.05) is 0 Å². The lowest BCUT2D eigenvalue weighted by Gasteiger charge is -2.37. The summed E-state index contributed by atoms with van der Waals surface area (Å²) in [7, 11) is 0. The third-order valence-corrected chi connectivity index (χ3v) is 6.08. The summed E-state index contributed by atoms with van der Waals surface area (Å²) in [5.41, 5.74) is 1.68. The average Bonchev–Trinajstić information content (AvgIpc) is 2.40. The molecule has 0 N–H and O–H groups in total. The van der Waals surface area contributed by atoms with Gasteiger partial charge in [0.15, 0.2) is 0 Å². The quantitative estimate of drug-likeness (QED) is 0.508. The van der Waals surface area contributed by atoms with Crippen molar-refractivity contribution in [3.63, 3.8) is 0 Å². The van der Waals surface area contributed by atoms with Crippen LogP contribution >= 0.6 is 31.9 Å². The summed E-state index contributed by atoms with van der Waals surface area (Å²) in [5, 5.41) is 0. The first kappa shape index (κ1) is 15.1. The minimum atomic E-state index is 0.870. The summed E-state index contributed by atoms with van der Waals surface area (Å²) >= 11 is 7.35. The predicted molar refractivity (Wildman–Crippen MR) is 87.2 cm³/mol. The highest BCUT2D eigenvalue weighted by molar-refractivity contribution is 9.28. The van der Waals surface area contributed by atoms with Gasteiger partial charge in [0.25, 0.3) is 0 Å². The van der Waals surface area contributed by atoms with Gasteiger partial charge in [-0.1, -0.05) is 39.0 Å². The zero-order chi connectivity index (χ0) is 13.0. The molecule has 104 valence electrons. The van der Waals surface area contributed by atoms with E-state index in [0.717, 1.165) is 17.8 Å². The van der Waals surface area contributed by atoms with Crippen LogP contribution in [0, 0.1) is 17.8 Å². The molecule has 0 aromatic carbocycles. The molecule has 1 atom stereocenters. The van der Waals surface area contributed by atoms with Gasteiger partial charge in [-0.2, -0.15) is 0 Å². The Balaban J connectivity index is 1.93. The summed E-state index contributed by atoms with van der Waals surface area (Å²) in [4.78, 5) is 0. The molecule has 0 radical (unpaired) electrons. The first-order valence-electron chi connectivity index (χ1n) is 7.76. The Morgan fingerprint density at radius 2 is 1.78 bits per heavy atom. The maximum absolute atomic E-state index is 3.68. The Morgan fingerprint density at radius 3 is 2.39 bits per heavy atom. The van der Waals surface area contributed by atoms with Crippen LogP contribution in [-0.4, -0.2) is 0 Å². The van der Waals surface area contributed by atoms with E-state index in [2.05, 4.69) is 38.8 Å². The highest BCUT2D eigenvalue weighted by Crippen LogP contribution is 2.45. The van der Waals surface area contributed by atoms with Gasteiger partial charge in [0.2, 0.25) is 0 Å². The second-order valence-electron chi connectivity index (χ2n) is 6.21. The highest BCUT2D eigenvalue weighted by atomic mass is 79.9. The lowest BCUT2D eigenvalue weighted by molar-refractivity contribution is 0.196. The van der Waals surface area contributed by atoms with Crippen LogP contribution in [0.5, 0.6) is 0 Å². The Hall–Kier alpha value is 0.700. The number of rotatable bonds is 3. The van der Waals surface area contributed by atoms with Crippen molar-refractivity contribution in [1.82, 2.24) is 0 Å². The predicted octanol–water partition coefficient (Wildman–Crippen LogP) is 6.78. The van der Waals surface area contributed by atoms with Crippen molar-refractivity contribution in [3.05, 3.63) is 8.96 Å². The van der Waals surface area contributed by atoms with E-state index >= 15 is 0 Å². The van der Waals surface area contributed by atoms with E-state index in [0.29, 0.717) is 0 Å². The van der Waals surface area contributed by atoms with E-state index in [1.54, 1.807) is 5.57 Å². The molecule has 18 heavy (non-hydrogen) atoms. The van der Waals surface area contributed by atoms with Crippen LogP contribution in [0.2, 0.25) is 0 Å². The summed E-state index contributed by atoms with van der Waals surface area (Å²) in [5.74, 6) is 2.88. The van der Waals surface area contributed by atoms with Gasteiger partial charge in [-0.15, -0.1) is 0 Å². The Morgan fingerprint density at radius 1 is 1.06 bits per heavy atom. The van der Waals surface area contributed by atoms with Crippen molar-refractivity contribution < 1.29 is 0 Å². The molecule has 2 aliphatic carbocycles. The van der Waals surface area contributed by atoms with E-state index in [9.17, 15) is 0 Å². The maximum atomic E-state index is 3.68. The van der Waals surface area contributed by atoms with Crippen molar-refractivity contribution in [1.29, 1.82) is 0 Å². The molecular formula is C16H26Br2. The third-order valence-electron chi connectivity index (χ3n) is 5.06. The van der Waals surface area contributed by atoms with Crippen LogP contribution in [0.25, 0.3) is 0 Å². The van der Waals surface area contributed by atoms with Gasteiger partial charge in [0.1, 0.15) is 0 Å². The van der Waals surface area contributed by atoms with E-state index in [-0.39, 0.29) is 0 Å². The minimum Gasteiger partial charge on any atom is -0.0654 e. The van der Waals surface area contributed by atoms with Crippen molar-refractivity contribution >= 4 is 31.9 Å². The zero-order valence-corrected chi connectivity index (χ0v) is 14.7. The lowest BCUT2D eigenvalue weighted by atomic mass is 9.69. The van der Waals surface area contributed by atoms with E-state index in [4.69, 9.17) is 0 Å². The molecule has 2 saturated carbocycles. The van der Waals surface area contributed by atoms with Gasteiger partial charge in [-0.3, -0.25) is 0 Å². The van der Waals surface area contributed by atoms with Crippen LogP contribution in [0.4, 0.5) is 0 Å². The molecule has 2 fully saturated rings. The lowest BCUT2D eigenvalue weighted by Crippen LogP contribution is -2.25. The summed E-state index contributed by atoms with van der Waals surface area (Å²) in [6.07, 6.45) is 14.3. The van der Waals surface area contributed by atoms with Gasteiger partial charge >= 0.3 is 0 Å². The smallest absolute Gasteiger partial charge is 0.0599 e. The Bertz CT molecular complexity index is 283. The molecule has 0 bridgehead atoms. The van der Waals surface area contributed by atoms with E-state index in [1.807, 2.05) is 0 Å². The first-order valence-corrected chi connectivity index (χ1v) is 9.35. The summed E-state index contributed by atoms with van der Waals surface area (Å²) in [6.45, 7) is 2.33. The second-order valence-corrected chi connectivity index (χ2v) is 8.86. The largest absolute Gasteiger partial charge is 0.0654 e. The second kappa shape index (κ2) is 7.47. The van der Waals surface area contributed by atoms with E-state index in [1.165, 1.54) is 67.6 Å². The third kappa shape index (κ3) is 3.85. The fourth-order valence-electron chi connectivity index (χ4n) is 4.08. The highest BCUT2D eigenvalue weighted by Gasteiger charge is 2.31. The molecule has 2 heteroatoms. The monoisotopic (exact) mass is 376 g/mol. The number of hydrogen-bond donors (Lipinski definition) is 0. The Kier molecular flexibility index (Phi) is 6.27. The van der Waals surface area contributed by atoms with Crippen molar-refractivity contribution in [2.45, 2.75) is 71.1 Å². The summed E-state index contributed by atoms with van der Waals surface area (Å²) < 4.78 is 1.26. The van der Waals surface area contributed by atoms with Gasteiger partial charge in [-0.05, 0) is 87.3 Å². The van der Waals surface area contributed by atoms with Crippen molar-refractivity contribution in [3.8, 4) is 0 Å². The van der Waals surface area contributed by atoms with Gasteiger partial charge in [0.05, 0.1) is 3.39 Å². The molecule has 1 unspecified atom stereocenters. The normalized spacial score (nSPS) is 33.5. The van der Waals surface area contributed by atoms with Gasteiger partial charge in [-0.25, -0.2) is 0 Å². The number of allylic oxidation sites excluding steroid dienone is 1. The molecule has 0 aliphatic heterocycles. The van der Waals surface area contributed by atoms with Gasteiger partial charge < -0.3 is 0 Å². The number of halogens is 2. The first-order chi connectivity index (χ1) is 8.72. The molecule has 0 aromatic heterocycles. The fraction of sp³-hybridized carbons (Fsp3) is 0.875. The molecule has 0 aromatic rings. The molecular weight excluding hydrogens is 352 g/mol. The van der Waals surface area contributed by atoms with Crippen LogP contribution in [0.1, 0.15) is 71.1 Å². The minimum absolute atomic E-state index is 0.870. The summed E-state index contributed by atoms with van der Waals surface area (Å²) in [6, 6.07) is 0. The fourth-order valence-corrected chi connectivity index (χ4v) is 5.07. The van der Waals surface area contributed by atoms with E-state index < -0.39 is 0 Å². The SMILES string of the molecule is CCCC1CCC(C2CCCCC2=C(Br)Br)CC1. The Labute approximate surface area is 129 Å². The zero-order valence-electron chi connectivity index (χ0n) is 11.6. The van der Waals surface area contributed by atoms with Crippen LogP contribution < -0.4 is 0 Å². The van der Waals surface area contributed by atoms with Gasteiger partial charge in [0, 0.05) is 0 Å². The molecule has 0 heterocycles. The number of hydrogen-bond acceptors (Lipinski definition) is 0.